The van der Waals surface area contributed by atoms with Crippen molar-refractivity contribution in [2.24, 2.45) is 0 Å². The second kappa shape index (κ2) is 8.23. The van der Waals surface area contributed by atoms with E-state index >= 15 is 0 Å². The van der Waals surface area contributed by atoms with Crippen LogP contribution in [-0.2, 0) is 11.2 Å². The van der Waals surface area contributed by atoms with Crippen molar-refractivity contribution in [3.05, 3.63) is 35.0 Å². The van der Waals surface area contributed by atoms with Crippen molar-refractivity contribution in [1.29, 1.82) is 0 Å². The van der Waals surface area contributed by atoms with Gasteiger partial charge in [-0.1, -0.05) is 18.6 Å². The Morgan fingerprint density at radius 2 is 1.96 bits per heavy atom. The Balaban J connectivity index is 1.62. The summed E-state index contributed by atoms with van der Waals surface area (Å²) in [4.78, 5) is 20.9. The fourth-order valence-electron chi connectivity index (χ4n) is 3.78. The molecule has 1 unspecified atom stereocenters. The van der Waals surface area contributed by atoms with Crippen molar-refractivity contribution < 1.29 is 4.79 Å². The van der Waals surface area contributed by atoms with E-state index in [2.05, 4.69) is 66.1 Å². The maximum absolute atomic E-state index is 12.7. The van der Waals surface area contributed by atoms with Gasteiger partial charge in [0.25, 0.3) is 0 Å². The topological polar surface area (TPSA) is 51.4 Å². The molecule has 3 rings (SSSR count). The van der Waals surface area contributed by atoms with Crippen molar-refractivity contribution in [2.75, 3.05) is 39.8 Å². The van der Waals surface area contributed by atoms with Crippen LogP contribution in [0.2, 0.25) is 0 Å². The van der Waals surface area contributed by atoms with E-state index in [1.807, 2.05) is 0 Å². The predicted molar refractivity (Wildman–Crippen MR) is 108 cm³/mol. The number of hydrogen-bond acceptors (Lipinski definition) is 3. The van der Waals surface area contributed by atoms with Crippen LogP contribution in [0.1, 0.15) is 30.2 Å². The minimum Gasteiger partial charge on any atom is -0.358 e. The van der Waals surface area contributed by atoms with Gasteiger partial charge in [0.15, 0.2) is 0 Å². The number of aromatic amines is 1. The van der Waals surface area contributed by atoms with Crippen molar-refractivity contribution >= 4 is 16.8 Å². The lowest BCUT2D eigenvalue weighted by atomic mass is 10.0. The molecule has 142 valence electrons. The number of rotatable bonds is 6. The Bertz CT molecular complexity index is 759. The summed E-state index contributed by atoms with van der Waals surface area (Å²) in [5.41, 5.74) is 4.54. The number of piperazine rings is 1. The molecule has 1 atom stereocenters. The summed E-state index contributed by atoms with van der Waals surface area (Å²) in [5, 5.41) is 4.43. The Hall–Kier alpha value is -1.85. The van der Waals surface area contributed by atoms with Crippen LogP contribution in [0.25, 0.3) is 10.9 Å². The Morgan fingerprint density at radius 3 is 2.65 bits per heavy atom. The molecule has 1 aliphatic rings. The van der Waals surface area contributed by atoms with E-state index in [1.165, 1.54) is 10.9 Å². The summed E-state index contributed by atoms with van der Waals surface area (Å²) in [7, 11) is 2.17. The molecule has 1 saturated heterocycles. The highest BCUT2D eigenvalue weighted by atomic mass is 16.1. The fraction of sp³-hybridized carbons (Fsp3) is 0.571. The Labute approximate surface area is 156 Å². The van der Waals surface area contributed by atoms with Gasteiger partial charge in [-0.15, -0.1) is 0 Å². The zero-order valence-electron chi connectivity index (χ0n) is 16.6. The number of fused-ring (bicyclic) bond motifs is 1. The SMILES string of the molecule is CCC(CN1CCN(C)CC1)NC(=O)Cc1c(C)[nH]c2ccc(C)cc12. The Kier molecular flexibility index (Phi) is 5.99. The number of aryl methyl sites for hydroxylation is 2. The van der Waals surface area contributed by atoms with Gasteiger partial charge in [-0.25, -0.2) is 0 Å². The van der Waals surface area contributed by atoms with Crippen molar-refractivity contribution in [1.82, 2.24) is 20.1 Å². The van der Waals surface area contributed by atoms with E-state index < -0.39 is 0 Å². The molecule has 0 spiro atoms. The number of carbonyl (C=O) groups is 1. The van der Waals surface area contributed by atoms with Gasteiger partial charge in [-0.2, -0.15) is 0 Å². The third kappa shape index (κ3) is 4.46. The molecule has 1 aliphatic heterocycles. The van der Waals surface area contributed by atoms with E-state index in [4.69, 9.17) is 0 Å². The number of H-pyrrole nitrogens is 1. The second-order valence-electron chi connectivity index (χ2n) is 7.73. The molecular formula is C21H32N4O. The first-order chi connectivity index (χ1) is 12.5. The number of amides is 1. The van der Waals surface area contributed by atoms with Gasteiger partial charge in [0.05, 0.1) is 6.42 Å². The van der Waals surface area contributed by atoms with E-state index in [-0.39, 0.29) is 11.9 Å². The number of nitrogens with one attached hydrogen (secondary N) is 2. The standard InChI is InChI=1S/C21H32N4O/c1-5-17(14-25-10-8-24(4)9-11-25)23-21(26)13-18-16(3)22-20-7-6-15(2)12-19(18)20/h6-7,12,17,22H,5,8-11,13-14H2,1-4H3,(H,23,26). The molecule has 1 aromatic heterocycles. The molecule has 2 aromatic rings. The summed E-state index contributed by atoms with van der Waals surface area (Å²) >= 11 is 0. The Morgan fingerprint density at radius 1 is 1.23 bits per heavy atom. The van der Waals surface area contributed by atoms with Crippen LogP contribution < -0.4 is 5.32 Å². The van der Waals surface area contributed by atoms with Crippen LogP contribution in [0.3, 0.4) is 0 Å². The number of carbonyl (C=O) groups excluding carboxylic acids is 1. The first kappa shape index (κ1) is 18.9. The monoisotopic (exact) mass is 356 g/mol. The third-order valence-corrected chi connectivity index (χ3v) is 5.54. The molecule has 0 bridgehead atoms. The molecule has 2 N–H and O–H groups in total. The van der Waals surface area contributed by atoms with Crippen molar-refractivity contribution in [3.8, 4) is 0 Å². The summed E-state index contributed by atoms with van der Waals surface area (Å²) in [6.45, 7) is 11.6. The number of nitrogens with zero attached hydrogens (tertiary/aromatic N) is 2. The zero-order chi connectivity index (χ0) is 18.7. The summed E-state index contributed by atoms with van der Waals surface area (Å²) in [6, 6.07) is 6.59. The van der Waals surface area contributed by atoms with Crippen LogP contribution in [0.4, 0.5) is 0 Å². The molecule has 1 aromatic carbocycles. The van der Waals surface area contributed by atoms with Gasteiger partial charge < -0.3 is 15.2 Å². The molecule has 5 nitrogen and oxygen atoms in total. The van der Waals surface area contributed by atoms with Crippen molar-refractivity contribution in [2.45, 2.75) is 39.7 Å². The molecule has 26 heavy (non-hydrogen) atoms. The minimum absolute atomic E-state index is 0.122. The molecule has 0 radical (unpaired) electrons. The van der Waals surface area contributed by atoms with Gasteiger partial charge in [0, 0.05) is 55.4 Å². The normalized spacial score (nSPS) is 17.5. The number of hydrogen-bond donors (Lipinski definition) is 2. The highest BCUT2D eigenvalue weighted by Gasteiger charge is 2.20. The third-order valence-electron chi connectivity index (χ3n) is 5.54. The quantitative estimate of drug-likeness (QED) is 0.836. The molecule has 0 aliphatic carbocycles. The van der Waals surface area contributed by atoms with E-state index in [9.17, 15) is 4.79 Å². The van der Waals surface area contributed by atoms with Gasteiger partial charge in [-0.3, -0.25) is 9.69 Å². The van der Waals surface area contributed by atoms with Crippen LogP contribution in [-0.4, -0.2) is 66.5 Å². The molecular weight excluding hydrogens is 324 g/mol. The maximum Gasteiger partial charge on any atom is 0.224 e. The van der Waals surface area contributed by atoms with E-state index in [1.54, 1.807) is 0 Å². The van der Waals surface area contributed by atoms with E-state index in [0.717, 1.165) is 55.9 Å². The van der Waals surface area contributed by atoms with Crippen LogP contribution in [0, 0.1) is 13.8 Å². The summed E-state index contributed by atoms with van der Waals surface area (Å²) in [6.07, 6.45) is 1.40. The molecule has 0 saturated carbocycles. The average molecular weight is 357 g/mol. The molecule has 2 heterocycles. The number of benzene rings is 1. The smallest absolute Gasteiger partial charge is 0.224 e. The van der Waals surface area contributed by atoms with Crippen molar-refractivity contribution in [3.63, 3.8) is 0 Å². The van der Waals surface area contributed by atoms with Gasteiger partial charge in [-0.05, 0) is 45.0 Å². The zero-order valence-corrected chi connectivity index (χ0v) is 16.6. The first-order valence-corrected chi connectivity index (χ1v) is 9.74. The highest BCUT2D eigenvalue weighted by Crippen LogP contribution is 2.23. The van der Waals surface area contributed by atoms with Gasteiger partial charge in [0.1, 0.15) is 0 Å². The van der Waals surface area contributed by atoms with Gasteiger partial charge in [0.2, 0.25) is 5.91 Å². The molecule has 5 heteroatoms. The first-order valence-electron chi connectivity index (χ1n) is 9.74. The summed E-state index contributed by atoms with van der Waals surface area (Å²) in [5.74, 6) is 0.122. The molecule has 1 amide bonds. The average Bonchev–Trinajstić information content (AvgIpc) is 2.91. The largest absolute Gasteiger partial charge is 0.358 e. The van der Waals surface area contributed by atoms with Gasteiger partial charge >= 0.3 is 0 Å². The second-order valence-corrected chi connectivity index (χ2v) is 7.73. The lowest BCUT2D eigenvalue weighted by Crippen LogP contribution is -2.50. The maximum atomic E-state index is 12.7. The predicted octanol–water partition coefficient (Wildman–Crippen LogP) is 2.47. The highest BCUT2D eigenvalue weighted by molar-refractivity contribution is 5.90. The minimum atomic E-state index is 0.122. The fourth-order valence-corrected chi connectivity index (χ4v) is 3.78. The van der Waals surface area contributed by atoms with Crippen LogP contribution in [0.15, 0.2) is 18.2 Å². The van der Waals surface area contributed by atoms with Crippen LogP contribution >= 0.6 is 0 Å². The number of aromatic nitrogens is 1. The lowest BCUT2D eigenvalue weighted by molar-refractivity contribution is -0.121. The lowest BCUT2D eigenvalue weighted by Gasteiger charge is -2.34. The van der Waals surface area contributed by atoms with Crippen LogP contribution in [0.5, 0.6) is 0 Å². The van der Waals surface area contributed by atoms with E-state index in [0.29, 0.717) is 6.42 Å². The summed E-state index contributed by atoms with van der Waals surface area (Å²) < 4.78 is 0. The number of likely N-dealkylation sites (N-methyl/N-ethyl adjacent to an activating group) is 1. The molecule has 1 fully saturated rings.